The lowest BCUT2D eigenvalue weighted by atomic mass is 10.0. The minimum absolute atomic E-state index is 0.208. The molecule has 0 aliphatic rings. The SMILES string of the molecule is CCCCCCCCCCCCCCCCCCCCCCCCCCCCC(=O)N(N)O. The van der Waals surface area contributed by atoms with Gasteiger partial charge in [-0.25, -0.2) is 5.84 Å². The monoisotopic (exact) mass is 468 g/mol. The fraction of sp³-hybridized carbons (Fsp3) is 0.966. The molecule has 0 aliphatic carbocycles. The van der Waals surface area contributed by atoms with E-state index in [0.29, 0.717) is 6.42 Å². The lowest BCUT2D eigenvalue weighted by Gasteiger charge is -2.07. The second kappa shape index (κ2) is 27.6. The van der Waals surface area contributed by atoms with Crippen LogP contribution in [0.15, 0.2) is 0 Å². The highest BCUT2D eigenvalue weighted by Gasteiger charge is 2.04. The number of hydrazine groups is 1. The van der Waals surface area contributed by atoms with Gasteiger partial charge in [0.15, 0.2) is 0 Å². The first-order chi connectivity index (χ1) is 16.2. The second-order valence-electron chi connectivity index (χ2n) is 10.3. The van der Waals surface area contributed by atoms with Crippen LogP contribution in [0.3, 0.4) is 0 Å². The van der Waals surface area contributed by atoms with E-state index in [-0.39, 0.29) is 11.1 Å². The van der Waals surface area contributed by atoms with Gasteiger partial charge >= 0.3 is 0 Å². The molecule has 0 rings (SSSR count). The summed E-state index contributed by atoms with van der Waals surface area (Å²) in [5.74, 6) is 4.59. The summed E-state index contributed by atoms with van der Waals surface area (Å²) in [6.07, 6.45) is 36.2. The van der Waals surface area contributed by atoms with Gasteiger partial charge in [-0.05, 0) is 6.42 Å². The number of hydrogen-bond donors (Lipinski definition) is 2. The first-order valence-corrected chi connectivity index (χ1v) is 14.9. The number of nitrogens with two attached hydrogens (primary N) is 1. The predicted octanol–water partition coefficient (Wildman–Crippen LogP) is 9.63. The van der Waals surface area contributed by atoms with Gasteiger partial charge in [-0.3, -0.25) is 10.0 Å². The van der Waals surface area contributed by atoms with Gasteiger partial charge in [-0.2, -0.15) is 5.17 Å². The summed E-state index contributed by atoms with van der Waals surface area (Å²) in [5.41, 5.74) is 0. The van der Waals surface area contributed by atoms with Crippen molar-refractivity contribution < 1.29 is 10.0 Å². The average Bonchev–Trinajstić information content (AvgIpc) is 2.81. The highest BCUT2D eigenvalue weighted by molar-refractivity contribution is 5.74. The summed E-state index contributed by atoms with van der Waals surface area (Å²) in [5, 5.41) is 8.98. The van der Waals surface area contributed by atoms with Gasteiger partial charge in [-0.1, -0.05) is 167 Å². The van der Waals surface area contributed by atoms with Gasteiger partial charge in [-0.15, -0.1) is 0 Å². The Balaban J connectivity index is 3.05. The molecule has 0 aromatic rings. The molecule has 4 heteroatoms. The Kier molecular flexibility index (Phi) is 27.1. The van der Waals surface area contributed by atoms with Crippen molar-refractivity contribution in [1.82, 2.24) is 5.17 Å². The maximum absolute atomic E-state index is 11.1. The molecule has 0 atom stereocenters. The molecule has 0 heterocycles. The minimum atomic E-state index is -0.389. The molecule has 4 nitrogen and oxygen atoms in total. The average molecular weight is 469 g/mol. The Morgan fingerprint density at radius 1 is 0.485 bits per heavy atom. The van der Waals surface area contributed by atoms with Gasteiger partial charge < -0.3 is 0 Å². The van der Waals surface area contributed by atoms with Crippen LogP contribution in [-0.2, 0) is 4.79 Å². The molecular formula is C29H60N2O2. The van der Waals surface area contributed by atoms with E-state index in [9.17, 15) is 4.79 Å². The van der Waals surface area contributed by atoms with Crippen molar-refractivity contribution in [1.29, 1.82) is 0 Å². The van der Waals surface area contributed by atoms with Crippen LogP contribution in [-0.4, -0.2) is 16.3 Å². The normalized spacial score (nSPS) is 11.2. The zero-order chi connectivity index (χ0) is 24.2. The maximum atomic E-state index is 11.1. The highest BCUT2D eigenvalue weighted by atomic mass is 16.5. The van der Waals surface area contributed by atoms with Crippen LogP contribution < -0.4 is 5.84 Å². The highest BCUT2D eigenvalue weighted by Crippen LogP contribution is 2.16. The minimum Gasteiger partial charge on any atom is -0.271 e. The first-order valence-electron chi connectivity index (χ1n) is 14.9. The molecule has 0 aliphatic heterocycles. The van der Waals surface area contributed by atoms with E-state index in [2.05, 4.69) is 6.92 Å². The smallest absolute Gasteiger partial charge is 0.260 e. The molecule has 0 unspecified atom stereocenters. The Bertz CT molecular complexity index is 388. The molecule has 0 saturated carbocycles. The topological polar surface area (TPSA) is 66.6 Å². The van der Waals surface area contributed by atoms with E-state index in [0.717, 1.165) is 12.8 Å². The van der Waals surface area contributed by atoms with Gasteiger partial charge in [0.1, 0.15) is 0 Å². The summed E-state index contributed by atoms with van der Waals surface area (Å²) in [4.78, 5) is 11.1. The number of carbonyl (C=O) groups excluding carboxylic acids is 1. The molecule has 198 valence electrons. The molecular weight excluding hydrogens is 408 g/mol. The maximum Gasteiger partial charge on any atom is 0.260 e. The van der Waals surface area contributed by atoms with Crippen LogP contribution in [0.4, 0.5) is 0 Å². The van der Waals surface area contributed by atoms with Crippen molar-refractivity contribution in [3.05, 3.63) is 0 Å². The third-order valence-electron chi connectivity index (χ3n) is 7.00. The predicted molar refractivity (Wildman–Crippen MR) is 143 cm³/mol. The number of nitrogens with zero attached hydrogens (tertiary/aromatic N) is 1. The Hall–Kier alpha value is -0.610. The van der Waals surface area contributed by atoms with Crippen LogP contribution in [0.1, 0.15) is 180 Å². The second-order valence-corrected chi connectivity index (χ2v) is 10.3. The molecule has 0 spiro atoms. The molecule has 0 bridgehead atoms. The molecule has 0 aromatic heterocycles. The first kappa shape index (κ1) is 32.4. The summed E-state index contributed by atoms with van der Waals surface area (Å²) in [6.45, 7) is 2.29. The van der Waals surface area contributed by atoms with Crippen LogP contribution in [0.25, 0.3) is 0 Å². The molecule has 1 amide bonds. The molecule has 0 radical (unpaired) electrons. The molecule has 33 heavy (non-hydrogen) atoms. The number of hydroxylamine groups is 1. The van der Waals surface area contributed by atoms with Gasteiger partial charge in [0.2, 0.25) is 0 Å². The Morgan fingerprint density at radius 2 is 0.697 bits per heavy atom. The lowest BCUT2D eigenvalue weighted by molar-refractivity contribution is -0.166. The summed E-state index contributed by atoms with van der Waals surface area (Å²) in [7, 11) is 0. The van der Waals surface area contributed by atoms with E-state index in [1.807, 2.05) is 0 Å². The van der Waals surface area contributed by atoms with E-state index < -0.39 is 0 Å². The number of unbranched alkanes of at least 4 members (excludes halogenated alkanes) is 25. The number of hydrogen-bond acceptors (Lipinski definition) is 3. The van der Waals surface area contributed by atoms with E-state index in [1.54, 1.807) is 0 Å². The van der Waals surface area contributed by atoms with Gasteiger partial charge in [0.25, 0.3) is 5.91 Å². The van der Waals surface area contributed by atoms with Gasteiger partial charge in [0.05, 0.1) is 0 Å². The van der Waals surface area contributed by atoms with Crippen molar-refractivity contribution in [3.8, 4) is 0 Å². The summed E-state index contributed by atoms with van der Waals surface area (Å²) in [6, 6.07) is 0. The molecule has 0 saturated heterocycles. The summed E-state index contributed by atoms with van der Waals surface area (Å²) < 4.78 is 0. The van der Waals surface area contributed by atoms with Crippen LogP contribution in [0.2, 0.25) is 0 Å². The quantitative estimate of drug-likeness (QED) is 0.0414. The van der Waals surface area contributed by atoms with Crippen molar-refractivity contribution in [2.24, 2.45) is 5.84 Å². The van der Waals surface area contributed by atoms with E-state index in [1.165, 1.54) is 154 Å². The molecule has 0 aromatic carbocycles. The van der Waals surface area contributed by atoms with Crippen molar-refractivity contribution in [2.45, 2.75) is 180 Å². The van der Waals surface area contributed by atoms with E-state index in [4.69, 9.17) is 11.0 Å². The Morgan fingerprint density at radius 3 is 0.909 bits per heavy atom. The summed E-state index contributed by atoms with van der Waals surface area (Å²) >= 11 is 0. The van der Waals surface area contributed by atoms with Crippen molar-refractivity contribution in [3.63, 3.8) is 0 Å². The fourth-order valence-electron chi connectivity index (χ4n) is 4.71. The van der Waals surface area contributed by atoms with Crippen LogP contribution in [0, 0.1) is 0 Å². The number of carbonyl (C=O) groups is 1. The van der Waals surface area contributed by atoms with Crippen molar-refractivity contribution in [2.75, 3.05) is 0 Å². The molecule has 0 fully saturated rings. The number of rotatable bonds is 27. The third-order valence-corrected chi connectivity index (χ3v) is 7.00. The van der Waals surface area contributed by atoms with Gasteiger partial charge in [0, 0.05) is 6.42 Å². The number of amides is 1. The molecule has 3 N–H and O–H groups in total. The van der Waals surface area contributed by atoms with Crippen LogP contribution >= 0.6 is 0 Å². The largest absolute Gasteiger partial charge is 0.271 e. The standard InChI is InChI=1S/C29H60N2O2/c1-2-3-4-5-6-7-8-9-10-11-12-13-14-15-16-17-18-19-20-21-22-23-24-25-26-27-28-29(32)31(30)33/h33H,2-28,30H2,1H3. The third kappa shape index (κ3) is 27.5. The van der Waals surface area contributed by atoms with Crippen LogP contribution in [0.5, 0.6) is 0 Å². The zero-order valence-corrected chi connectivity index (χ0v) is 22.5. The van der Waals surface area contributed by atoms with Crippen molar-refractivity contribution >= 4 is 5.91 Å². The fourth-order valence-corrected chi connectivity index (χ4v) is 4.71. The Labute approximate surface area is 207 Å². The zero-order valence-electron chi connectivity index (χ0n) is 22.5. The van der Waals surface area contributed by atoms with E-state index >= 15 is 0 Å². The lowest BCUT2D eigenvalue weighted by Crippen LogP contribution is -2.33.